The van der Waals surface area contributed by atoms with Gasteiger partial charge in [0, 0.05) is 31.4 Å². The number of nitrogens with one attached hydrogen (secondary N) is 9. The summed E-state index contributed by atoms with van der Waals surface area (Å²) in [4.78, 5) is 0. The van der Waals surface area contributed by atoms with Gasteiger partial charge in [-0.15, -0.1) is 0 Å². The maximum absolute atomic E-state index is 6.25. The van der Waals surface area contributed by atoms with Crippen molar-refractivity contribution < 1.29 is 19.5 Å². The van der Waals surface area contributed by atoms with Crippen molar-refractivity contribution in [2.75, 3.05) is 0 Å². The Morgan fingerprint density at radius 2 is 0.628 bits per heavy atom. The van der Waals surface area contributed by atoms with Crippen LogP contribution in [0.25, 0.3) is 0 Å². The van der Waals surface area contributed by atoms with E-state index >= 15 is 0 Å². The average Bonchev–Trinajstić information content (AvgIpc) is 3.76. The molecule has 4 aliphatic carbocycles. The van der Waals surface area contributed by atoms with Gasteiger partial charge in [0.15, 0.2) is 0 Å². The van der Waals surface area contributed by atoms with E-state index in [4.69, 9.17) is 5.84 Å². The van der Waals surface area contributed by atoms with Gasteiger partial charge >= 0.3 is 0 Å². The van der Waals surface area contributed by atoms with Crippen molar-refractivity contribution in [1.82, 2.24) is 48.0 Å². The Balaban J connectivity index is 0.00000278. The second-order valence-corrected chi connectivity index (χ2v) is 15.9. The Morgan fingerprint density at radius 3 is 0.953 bits per heavy atom. The molecule has 5 aliphatic heterocycles. The minimum atomic E-state index is 0. The van der Waals surface area contributed by atoms with Crippen LogP contribution in [0.4, 0.5) is 0 Å². The van der Waals surface area contributed by atoms with E-state index in [1.165, 1.54) is 96.3 Å². The molecule has 5 heterocycles. The van der Waals surface area contributed by atoms with Crippen LogP contribution in [0.3, 0.4) is 0 Å². The third-order valence-electron chi connectivity index (χ3n) is 14.1. The summed E-state index contributed by atoms with van der Waals surface area (Å²) in [6, 6.07) is 0.358. The molecule has 4 saturated carbocycles. The average molecular weight is 648 g/mol. The molecule has 238 valence electrons. The molecule has 0 radical (unpaired) electrons. The van der Waals surface area contributed by atoms with E-state index in [2.05, 4.69) is 48.0 Å². The summed E-state index contributed by atoms with van der Waals surface area (Å²) < 4.78 is 0. The number of hydrogen-bond donors (Lipinski definition) is 10. The van der Waals surface area contributed by atoms with E-state index in [-0.39, 0.29) is 25.6 Å². The van der Waals surface area contributed by atoms with E-state index in [0.717, 1.165) is 11.8 Å². The van der Waals surface area contributed by atoms with E-state index in [9.17, 15) is 0 Å². The predicted molar refractivity (Wildman–Crippen MR) is 164 cm³/mol. The SMILES string of the molecule is NNC1CCCC2C3NC4NC(NC5NC(NC6NC(NC(N3)C12)C1CCCCC61)C1CCCCC51)C1CCCCC41.[Zn]. The third kappa shape index (κ3) is 5.33. The molecule has 0 aromatic carbocycles. The van der Waals surface area contributed by atoms with Crippen LogP contribution in [0.5, 0.6) is 0 Å². The minimum absolute atomic E-state index is 0. The fourth-order valence-electron chi connectivity index (χ4n) is 12.3. The molecular weight excluding hydrogens is 590 g/mol. The Morgan fingerprint density at radius 1 is 0.349 bits per heavy atom. The monoisotopic (exact) mass is 646 g/mol. The molecule has 9 fully saturated rings. The van der Waals surface area contributed by atoms with Gasteiger partial charge in [-0.1, -0.05) is 44.9 Å². The molecule has 11 N–H and O–H groups in total. The Labute approximate surface area is 271 Å². The molecule has 0 aromatic heterocycles. The first kappa shape index (κ1) is 30.6. The molecule has 9 aliphatic rings. The van der Waals surface area contributed by atoms with Crippen molar-refractivity contribution in [3.05, 3.63) is 0 Å². The van der Waals surface area contributed by atoms with Crippen molar-refractivity contribution >= 4 is 0 Å². The number of rotatable bonds is 1. The maximum Gasteiger partial charge on any atom is 0.0644 e. The summed E-state index contributed by atoms with van der Waals surface area (Å²) >= 11 is 0. The smallest absolute Gasteiger partial charge is 0.0644 e. The van der Waals surface area contributed by atoms with Crippen LogP contribution in [0.2, 0.25) is 0 Å². The van der Waals surface area contributed by atoms with Gasteiger partial charge in [-0.05, 0) is 92.8 Å². The van der Waals surface area contributed by atoms with Crippen LogP contribution in [-0.2, 0) is 19.5 Å². The van der Waals surface area contributed by atoms with E-state index < -0.39 is 0 Å². The summed E-state index contributed by atoms with van der Waals surface area (Å²) in [5, 5.41) is 33.6. The van der Waals surface area contributed by atoms with Crippen LogP contribution in [0, 0.1) is 47.3 Å². The van der Waals surface area contributed by atoms with Gasteiger partial charge in [0.2, 0.25) is 0 Å². The van der Waals surface area contributed by atoms with Crippen molar-refractivity contribution in [2.24, 2.45) is 53.2 Å². The predicted octanol–water partition coefficient (Wildman–Crippen LogP) is 1.04. The molecule has 43 heavy (non-hydrogen) atoms. The normalized spacial score (nSPS) is 55.9. The van der Waals surface area contributed by atoms with Crippen LogP contribution in [0.1, 0.15) is 96.3 Å². The summed E-state index contributed by atoms with van der Waals surface area (Å²) in [5.74, 6) is 11.6. The molecule has 10 nitrogen and oxygen atoms in total. The standard InChI is InChI=1S/C32H58N10.Zn/c33-42-23-15-7-14-22-24(23)32-40-30-21-13-6-5-12-20(21)28(38-30)36-26-17-9-2-1-8-16(17)25(34-26)35-27-18-10-3-4-11-19(18)29(37-27)39-31(22)41-32;/h16-32,34-42H,1-15,33H2;. The number of nitrogens with two attached hydrogens (primary N) is 1. The molecule has 0 aromatic rings. The molecule has 8 bridgehead atoms. The Bertz CT molecular complexity index is 972. The molecule has 9 rings (SSSR count). The van der Waals surface area contributed by atoms with Crippen molar-refractivity contribution in [1.29, 1.82) is 0 Å². The molecule has 17 atom stereocenters. The van der Waals surface area contributed by atoms with Gasteiger partial charge < -0.3 is 0 Å². The molecule has 0 amide bonds. The zero-order valence-corrected chi connectivity index (χ0v) is 29.2. The molecule has 0 spiro atoms. The first-order valence-electron chi connectivity index (χ1n) is 18.3. The van der Waals surface area contributed by atoms with Gasteiger partial charge in [-0.25, -0.2) is 0 Å². The first-order valence-corrected chi connectivity index (χ1v) is 18.3. The van der Waals surface area contributed by atoms with E-state index in [1.54, 1.807) is 0 Å². The summed E-state index contributed by atoms with van der Waals surface area (Å²) in [7, 11) is 0. The minimum Gasteiger partial charge on any atom is -0.286 e. The topological polar surface area (TPSA) is 134 Å². The fraction of sp³-hybridized carbons (Fsp3) is 1.00. The van der Waals surface area contributed by atoms with E-state index in [0.29, 0.717) is 84.7 Å². The van der Waals surface area contributed by atoms with Gasteiger partial charge in [0.25, 0.3) is 0 Å². The van der Waals surface area contributed by atoms with Crippen LogP contribution in [0.15, 0.2) is 0 Å². The number of fused-ring (bicyclic) bond motifs is 20. The van der Waals surface area contributed by atoms with Crippen LogP contribution >= 0.6 is 0 Å². The zero-order valence-electron chi connectivity index (χ0n) is 26.2. The van der Waals surface area contributed by atoms with Crippen LogP contribution in [-0.4, -0.2) is 55.4 Å². The van der Waals surface area contributed by atoms with E-state index in [1.807, 2.05) is 0 Å². The van der Waals surface area contributed by atoms with Gasteiger partial charge in [0.1, 0.15) is 0 Å². The Kier molecular flexibility index (Phi) is 9.01. The third-order valence-corrected chi connectivity index (χ3v) is 14.1. The molecule has 5 saturated heterocycles. The zero-order chi connectivity index (χ0) is 27.8. The van der Waals surface area contributed by atoms with Crippen LogP contribution < -0.4 is 53.8 Å². The number of hydrazine groups is 1. The first-order chi connectivity index (χ1) is 20.7. The second kappa shape index (κ2) is 12.7. The number of hydrogen-bond acceptors (Lipinski definition) is 10. The summed E-state index contributed by atoms with van der Waals surface area (Å²) in [6.07, 6.45) is 22.8. The maximum atomic E-state index is 6.25. The Hall–Kier alpha value is 0.223. The fourth-order valence-corrected chi connectivity index (χ4v) is 12.3. The van der Waals surface area contributed by atoms with Crippen molar-refractivity contribution in [3.8, 4) is 0 Å². The quantitative estimate of drug-likeness (QED) is 0.114. The molecule has 11 heteroatoms. The largest absolute Gasteiger partial charge is 0.286 e. The second-order valence-electron chi connectivity index (χ2n) is 15.9. The van der Waals surface area contributed by atoms with Gasteiger partial charge in [0.05, 0.1) is 49.3 Å². The van der Waals surface area contributed by atoms with Gasteiger partial charge in [-0.3, -0.25) is 53.8 Å². The summed E-state index contributed by atoms with van der Waals surface area (Å²) in [5.41, 5.74) is 3.27. The van der Waals surface area contributed by atoms with Crippen molar-refractivity contribution in [3.63, 3.8) is 0 Å². The summed E-state index contributed by atoms with van der Waals surface area (Å²) in [6.45, 7) is 0. The molecule has 17 unspecified atom stereocenters. The molecular formula is C32H58N10Zn. The van der Waals surface area contributed by atoms with Gasteiger partial charge in [-0.2, -0.15) is 0 Å². The van der Waals surface area contributed by atoms with Crippen molar-refractivity contribution in [2.45, 2.75) is 152 Å².